The van der Waals surface area contributed by atoms with Crippen LogP contribution in [0.3, 0.4) is 0 Å². The third kappa shape index (κ3) is 3.41. The van der Waals surface area contributed by atoms with Gasteiger partial charge in [-0.1, -0.05) is 13.3 Å². The molecule has 3 unspecified atom stereocenters. The highest BCUT2D eigenvalue weighted by Gasteiger charge is 2.48. The zero-order valence-electron chi connectivity index (χ0n) is 13.3. The minimum Gasteiger partial charge on any atom is -0.393 e. The number of hydrogen-bond donors (Lipinski definition) is 1. The summed E-state index contributed by atoms with van der Waals surface area (Å²) in [7, 11) is 0. The first-order valence-electron chi connectivity index (χ1n) is 8.38. The van der Waals surface area contributed by atoms with Crippen LogP contribution in [-0.4, -0.2) is 17.8 Å². The second-order valence-corrected chi connectivity index (χ2v) is 6.86. The van der Waals surface area contributed by atoms with Gasteiger partial charge in [0.1, 0.15) is 18.3 Å². The molecule has 23 heavy (non-hydrogen) atoms. The molecule has 2 fully saturated rings. The van der Waals surface area contributed by atoms with E-state index in [1.807, 2.05) is 6.92 Å². The summed E-state index contributed by atoms with van der Waals surface area (Å²) in [5.41, 5.74) is -0.0821. The Labute approximate surface area is 134 Å². The number of halogens is 3. The van der Waals surface area contributed by atoms with E-state index in [9.17, 15) is 18.3 Å². The quantitative estimate of drug-likeness (QED) is 0.873. The molecule has 5 atom stereocenters. The Bertz CT molecular complexity index is 540. The first kappa shape index (κ1) is 16.8. The molecule has 5 heteroatoms. The van der Waals surface area contributed by atoms with E-state index in [4.69, 9.17) is 4.74 Å². The molecule has 1 aliphatic heterocycles. The van der Waals surface area contributed by atoms with Gasteiger partial charge in [-0.2, -0.15) is 0 Å². The molecule has 1 saturated heterocycles. The van der Waals surface area contributed by atoms with Gasteiger partial charge in [0.15, 0.2) is 0 Å². The summed E-state index contributed by atoms with van der Waals surface area (Å²) < 4.78 is 46.2. The molecular weight excluding hydrogens is 305 g/mol. The molecular formula is C18H23F3O2. The number of hydrogen-bond acceptors (Lipinski definition) is 2. The standard InChI is InChI=1S/C18H23F3O2/c1-2-3-17(22)12-4-10-5-13(10)18(23-9-12)11-6-15(20)14(8-19)16(21)7-11/h6-7,10,12-13,17-18,22H,2-5,8-9H2,1H3/t10-,12?,13+,17?,18?/m0/s1. The number of rotatable bonds is 5. The van der Waals surface area contributed by atoms with E-state index in [-0.39, 0.29) is 24.0 Å². The van der Waals surface area contributed by atoms with Crippen LogP contribution in [0.4, 0.5) is 13.2 Å². The number of fused-ring (bicyclic) bond motifs is 1. The average Bonchev–Trinajstić information content (AvgIpc) is 3.25. The first-order chi connectivity index (χ1) is 11.0. The van der Waals surface area contributed by atoms with Gasteiger partial charge in [0.05, 0.1) is 24.4 Å². The summed E-state index contributed by atoms with van der Waals surface area (Å²) in [6.45, 7) is 1.27. The maximum absolute atomic E-state index is 13.8. The van der Waals surface area contributed by atoms with Gasteiger partial charge in [-0.05, 0) is 48.8 Å². The van der Waals surface area contributed by atoms with Crippen LogP contribution < -0.4 is 0 Å². The van der Waals surface area contributed by atoms with Gasteiger partial charge >= 0.3 is 0 Å². The predicted molar refractivity (Wildman–Crippen MR) is 80.5 cm³/mol. The van der Waals surface area contributed by atoms with Crippen molar-refractivity contribution in [2.75, 3.05) is 6.61 Å². The van der Waals surface area contributed by atoms with E-state index in [1.165, 1.54) is 12.1 Å². The zero-order valence-corrected chi connectivity index (χ0v) is 13.3. The summed E-state index contributed by atoms with van der Waals surface area (Å²) in [6.07, 6.45) is 2.75. The maximum atomic E-state index is 13.8. The van der Waals surface area contributed by atoms with Gasteiger partial charge in [-0.3, -0.25) is 0 Å². The lowest BCUT2D eigenvalue weighted by atomic mass is 9.93. The summed E-state index contributed by atoms with van der Waals surface area (Å²) in [4.78, 5) is 0. The van der Waals surface area contributed by atoms with Crippen molar-refractivity contribution >= 4 is 0 Å². The van der Waals surface area contributed by atoms with Crippen LogP contribution >= 0.6 is 0 Å². The van der Waals surface area contributed by atoms with Gasteiger partial charge in [0.2, 0.25) is 0 Å². The number of alkyl halides is 1. The normalized spacial score (nSPS) is 31.3. The van der Waals surface area contributed by atoms with Crippen LogP contribution in [0.15, 0.2) is 12.1 Å². The van der Waals surface area contributed by atoms with Gasteiger partial charge < -0.3 is 9.84 Å². The maximum Gasteiger partial charge on any atom is 0.132 e. The molecule has 0 amide bonds. The summed E-state index contributed by atoms with van der Waals surface area (Å²) >= 11 is 0. The second kappa shape index (κ2) is 6.81. The summed E-state index contributed by atoms with van der Waals surface area (Å²) in [5.74, 6) is -0.949. The third-order valence-electron chi connectivity index (χ3n) is 5.22. The zero-order chi connectivity index (χ0) is 16.6. The molecule has 2 aliphatic rings. The molecule has 1 heterocycles. The lowest BCUT2D eigenvalue weighted by Gasteiger charge is -2.23. The summed E-state index contributed by atoms with van der Waals surface area (Å²) in [5, 5.41) is 10.2. The van der Waals surface area contributed by atoms with Gasteiger partial charge in [-0.25, -0.2) is 13.2 Å². The van der Waals surface area contributed by atoms with Crippen molar-refractivity contribution in [1.29, 1.82) is 0 Å². The Balaban J connectivity index is 1.77. The number of aliphatic hydroxyl groups excluding tert-OH is 1. The molecule has 1 aromatic carbocycles. The highest BCUT2D eigenvalue weighted by molar-refractivity contribution is 5.29. The van der Waals surface area contributed by atoms with Crippen molar-refractivity contribution in [3.63, 3.8) is 0 Å². The number of benzene rings is 1. The van der Waals surface area contributed by atoms with Crippen LogP contribution in [0.5, 0.6) is 0 Å². The molecule has 0 bridgehead atoms. The van der Waals surface area contributed by atoms with E-state index in [0.29, 0.717) is 18.1 Å². The van der Waals surface area contributed by atoms with E-state index >= 15 is 0 Å². The molecule has 1 saturated carbocycles. The van der Waals surface area contributed by atoms with Crippen molar-refractivity contribution in [2.24, 2.45) is 17.8 Å². The lowest BCUT2D eigenvalue weighted by Crippen LogP contribution is -2.25. The van der Waals surface area contributed by atoms with Crippen molar-refractivity contribution < 1.29 is 23.0 Å². The largest absolute Gasteiger partial charge is 0.393 e. The molecule has 1 aliphatic carbocycles. The topological polar surface area (TPSA) is 29.5 Å². The molecule has 3 rings (SSSR count). The average molecular weight is 328 g/mol. The monoisotopic (exact) mass is 328 g/mol. The Kier molecular flexibility index (Phi) is 4.97. The smallest absolute Gasteiger partial charge is 0.132 e. The fourth-order valence-electron chi connectivity index (χ4n) is 3.78. The third-order valence-corrected chi connectivity index (χ3v) is 5.22. The Hall–Kier alpha value is -1.07. The van der Waals surface area contributed by atoms with Crippen LogP contribution in [0.25, 0.3) is 0 Å². The molecule has 128 valence electrons. The second-order valence-electron chi connectivity index (χ2n) is 6.86. The predicted octanol–water partition coefficient (Wildman–Crippen LogP) is 4.31. The van der Waals surface area contributed by atoms with E-state index in [0.717, 1.165) is 25.7 Å². The van der Waals surface area contributed by atoms with E-state index < -0.39 is 23.9 Å². The van der Waals surface area contributed by atoms with Crippen LogP contribution in [-0.2, 0) is 11.4 Å². The van der Waals surface area contributed by atoms with E-state index in [1.54, 1.807) is 0 Å². The van der Waals surface area contributed by atoms with Gasteiger partial charge in [0, 0.05) is 5.92 Å². The fourth-order valence-corrected chi connectivity index (χ4v) is 3.78. The Morgan fingerprint density at radius 2 is 1.96 bits per heavy atom. The van der Waals surface area contributed by atoms with Crippen molar-refractivity contribution in [1.82, 2.24) is 0 Å². The molecule has 1 aromatic rings. The van der Waals surface area contributed by atoms with E-state index in [2.05, 4.69) is 0 Å². The molecule has 1 N–H and O–H groups in total. The first-order valence-corrected chi connectivity index (χ1v) is 8.38. The minimum atomic E-state index is -1.15. The highest BCUT2D eigenvalue weighted by atomic mass is 19.1. The molecule has 2 nitrogen and oxygen atoms in total. The van der Waals surface area contributed by atoms with Crippen molar-refractivity contribution in [2.45, 2.75) is 51.5 Å². The van der Waals surface area contributed by atoms with Gasteiger partial charge in [-0.15, -0.1) is 0 Å². The Morgan fingerprint density at radius 1 is 1.26 bits per heavy atom. The minimum absolute atomic E-state index is 0.0785. The summed E-state index contributed by atoms with van der Waals surface area (Å²) in [6, 6.07) is 2.39. The van der Waals surface area contributed by atoms with Gasteiger partial charge in [0.25, 0.3) is 0 Å². The highest BCUT2D eigenvalue weighted by Crippen LogP contribution is 2.54. The number of aliphatic hydroxyl groups is 1. The van der Waals surface area contributed by atoms with Crippen molar-refractivity contribution in [3.8, 4) is 0 Å². The van der Waals surface area contributed by atoms with Crippen molar-refractivity contribution in [3.05, 3.63) is 34.9 Å². The van der Waals surface area contributed by atoms with Crippen LogP contribution in [0, 0.1) is 29.4 Å². The SMILES string of the molecule is CCCC(O)C1COC(c2cc(F)c(CF)c(F)c2)[C@@H]2C[C@@H]2C1. The number of ether oxygens (including phenoxy) is 1. The molecule has 0 radical (unpaired) electrons. The Morgan fingerprint density at radius 3 is 2.57 bits per heavy atom. The molecule has 0 spiro atoms. The van der Waals surface area contributed by atoms with Crippen LogP contribution in [0.1, 0.15) is 49.8 Å². The lowest BCUT2D eigenvalue weighted by molar-refractivity contribution is -0.0124. The van der Waals surface area contributed by atoms with Crippen LogP contribution in [0.2, 0.25) is 0 Å². The fraction of sp³-hybridized carbons (Fsp3) is 0.667. The molecule has 0 aromatic heterocycles.